The zero-order valence-electron chi connectivity index (χ0n) is 21.2. The molecule has 1 saturated heterocycles. The first kappa shape index (κ1) is 27.3. The Morgan fingerprint density at radius 3 is 2.33 bits per heavy atom. The lowest BCUT2D eigenvalue weighted by Gasteiger charge is -2.34. The summed E-state index contributed by atoms with van der Waals surface area (Å²) in [5.74, 6) is 0.486. The topological polar surface area (TPSA) is 71.1 Å². The molecule has 33 heavy (non-hydrogen) atoms. The quantitative estimate of drug-likeness (QED) is 0.326. The van der Waals surface area contributed by atoms with Gasteiger partial charge in [-0.15, -0.1) is 0 Å². The van der Waals surface area contributed by atoms with Crippen LogP contribution < -0.4 is 4.74 Å². The Balaban J connectivity index is 2.00. The molecule has 0 saturated carbocycles. The number of ether oxygens (including phenoxy) is 4. The maximum absolute atomic E-state index is 13.0. The van der Waals surface area contributed by atoms with E-state index in [9.17, 15) is 9.59 Å². The molecule has 184 valence electrons. The van der Waals surface area contributed by atoms with Gasteiger partial charge in [0.05, 0.1) is 46.0 Å². The van der Waals surface area contributed by atoms with E-state index in [-0.39, 0.29) is 30.6 Å². The number of carbonyl (C=O) groups is 2. The van der Waals surface area contributed by atoms with E-state index in [1.807, 2.05) is 38.1 Å². The maximum Gasteiger partial charge on any atom is 0.302 e. The minimum absolute atomic E-state index is 0.0425. The fourth-order valence-electron chi connectivity index (χ4n) is 3.86. The van der Waals surface area contributed by atoms with Crippen LogP contribution in [0.3, 0.4) is 0 Å². The summed E-state index contributed by atoms with van der Waals surface area (Å²) in [7, 11) is 0.238. The molecule has 1 aliphatic rings. The van der Waals surface area contributed by atoms with Crippen LogP contribution in [0.4, 0.5) is 0 Å². The van der Waals surface area contributed by atoms with Gasteiger partial charge in [0.15, 0.2) is 0 Å². The highest BCUT2D eigenvalue weighted by atomic mass is 28.3. The average Bonchev–Trinajstić information content (AvgIpc) is 2.71. The second-order valence-corrected chi connectivity index (χ2v) is 15.6. The lowest BCUT2D eigenvalue weighted by molar-refractivity contribution is -0.148. The van der Waals surface area contributed by atoms with E-state index in [0.29, 0.717) is 19.6 Å². The lowest BCUT2D eigenvalue weighted by Crippen LogP contribution is -2.38. The number of methoxy groups -OCH3 is 1. The van der Waals surface area contributed by atoms with Crippen molar-refractivity contribution in [2.45, 2.75) is 78.5 Å². The van der Waals surface area contributed by atoms with E-state index in [4.69, 9.17) is 18.9 Å². The molecule has 6 nitrogen and oxygen atoms in total. The molecule has 0 aliphatic carbocycles. The van der Waals surface area contributed by atoms with Crippen LogP contribution in [-0.2, 0) is 30.4 Å². The summed E-state index contributed by atoms with van der Waals surface area (Å²) in [4.78, 5) is 24.1. The van der Waals surface area contributed by atoms with Crippen LogP contribution in [0.1, 0.15) is 45.6 Å². The highest BCUT2D eigenvalue weighted by Gasteiger charge is 2.34. The van der Waals surface area contributed by atoms with Gasteiger partial charge in [-0.05, 0) is 44.4 Å². The van der Waals surface area contributed by atoms with Crippen molar-refractivity contribution in [2.24, 2.45) is 5.41 Å². The Morgan fingerprint density at radius 1 is 1.12 bits per heavy atom. The van der Waals surface area contributed by atoms with Crippen molar-refractivity contribution in [1.29, 1.82) is 0 Å². The van der Waals surface area contributed by atoms with E-state index in [1.54, 1.807) is 7.11 Å². The van der Waals surface area contributed by atoms with Crippen LogP contribution >= 0.6 is 0 Å². The molecular weight excluding hydrogens is 436 g/mol. The SMILES string of the molecule is COc1ccc(COC[C@H]2C/C(=C/[Si](C)(C)C)C[C@@H](CC(=O)C(C)(C)COC(C)=O)O2)cc1. The van der Waals surface area contributed by atoms with Gasteiger partial charge in [-0.1, -0.05) is 43.0 Å². The van der Waals surface area contributed by atoms with Crippen molar-refractivity contribution in [3.05, 3.63) is 41.1 Å². The number of hydrogen-bond acceptors (Lipinski definition) is 6. The van der Waals surface area contributed by atoms with Crippen LogP contribution in [0.25, 0.3) is 0 Å². The zero-order valence-corrected chi connectivity index (χ0v) is 22.2. The Labute approximate surface area is 199 Å². The number of rotatable bonds is 11. The van der Waals surface area contributed by atoms with Crippen molar-refractivity contribution in [2.75, 3.05) is 20.3 Å². The largest absolute Gasteiger partial charge is 0.497 e. The van der Waals surface area contributed by atoms with Gasteiger partial charge in [-0.3, -0.25) is 9.59 Å². The van der Waals surface area contributed by atoms with E-state index in [2.05, 4.69) is 25.3 Å². The highest BCUT2D eigenvalue weighted by molar-refractivity contribution is 6.81. The fraction of sp³-hybridized carbons (Fsp3) is 0.615. The summed E-state index contributed by atoms with van der Waals surface area (Å²) in [5, 5.41) is 0. The van der Waals surface area contributed by atoms with Crippen LogP contribution in [0.15, 0.2) is 35.5 Å². The third-order valence-corrected chi connectivity index (χ3v) is 6.81. The molecule has 0 bridgehead atoms. The molecule has 0 spiro atoms. The van der Waals surface area contributed by atoms with Crippen molar-refractivity contribution in [3.8, 4) is 5.75 Å². The first-order valence-electron chi connectivity index (χ1n) is 11.6. The molecule has 0 unspecified atom stereocenters. The standard InChI is InChI=1S/C26H40O6Si/c1-19(27)31-18-26(2,3)25(28)14-23-12-21(17-33(5,6)7)13-24(32-23)16-30-15-20-8-10-22(29-4)11-9-20/h8-11,17,23-24H,12-16,18H2,1-7H3/b21-17+/t23-,24+/m0/s1. The average molecular weight is 477 g/mol. The summed E-state index contributed by atoms with van der Waals surface area (Å²) in [6.07, 6.45) is 1.60. The summed E-state index contributed by atoms with van der Waals surface area (Å²) in [5.41, 5.74) is 4.11. The lowest BCUT2D eigenvalue weighted by atomic mass is 9.84. The predicted octanol–water partition coefficient (Wildman–Crippen LogP) is 5.11. The molecular formula is C26H40O6Si. The van der Waals surface area contributed by atoms with E-state index in [0.717, 1.165) is 24.2 Å². The number of hydrogen-bond donors (Lipinski definition) is 0. The second-order valence-electron chi connectivity index (χ2n) is 10.6. The van der Waals surface area contributed by atoms with E-state index < -0.39 is 13.5 Å². The summed E-state index contributed by atoms with van der Waals surface area (Å²) < 4.78 is 22.6. The van der Waals surface area contributed by atoms with Gasteiger partial charge in [-0.2, -0.15) is 0 Å². The van der Waals surface area contributed by atoms with E-state index >= 15 is 0 Å². The molecule has 2 rings (SSSR count). The monoisotopic (exact) mass is 476 g/mol. The van der Waals surface area contributed by atoms with Gasteiger partial charge in [0, 0.05) is 13.3 Å². The number of Topliss-reactive ketones (excluding diaryl/α,β-unsaturated/α-hetero) is 1. The Hall–Kier alpha value is -1.96. The van der Waals surface area contributed by atoms with Gasteiger partial charge in [0.1, 0.15) is 18.1 Å². The van der Waals surface area contributed by atoms with Crippen LogP contribution in [-0.4, -0.2) is 52.4 Å². The van der Waals surface area contributed by atoms with Gasteiger partial charge in [0.25, 0.3) is 0 Å². The van der Waals surface area contributed by atoms with Crippen molar-refractivity contribution >= 4 is 19.8 Å². The van der Waals surface area contributed by atoms with Crippen LogP contribution in [0.5, 0.6) is 5.75 Å². The first-order valence-corrected chi connectivity index (χ1v) is 15.2. The van der Waals surface area contributed by atoms with Gasteiger partial charge < -0.3 is 18.9 Å². The number of ketones is 1. The maximum atomic E-state index is 13.0. The number of esters is 1. The minimum Gasteiger partial charge on any atom is -0.497 e. The summed E-state index contributed by atoms with van der Waals surface area (Å²) in [6.45, 7) is 13.0. The molecule has 2 atom stereocenters. The number of benzene rings is 1. The summed E-state index contributed by atoms with van der Waals surface area (Å²) in [6, 6.07) is 7.82. The van der Waals surface area contributed by atoms with E-state index in [1.165, 1.54) is 12.5 Å². The van der Waals surface area contributed by atoms with Gasteiger partial charge in [0.2, 0.25) is 0 Å². The molecule has 1 aromatic rings. The van der Waals surface area contributed by atoms with Crippen molar-refractivity contribution < 1.29 is 28.5 Å². The fourth-order valence-corrected chi connectivity index (χ4v) is 5.32. The second kappa shape index (κ2) is 11.9. The zero-order chi connectivity index (χ0) is 24.6. The first-order chi connectivity index (χ1) is 15.4. The molecule has 1 fully saturated rings. The molecule has 7 heteroatoms. The van der Waals surface area contributed by atoms with Crippen molar-refractivity contribution in [3.63, 3.8) is 0 Å². The van der Waals surface area contributed by atoms with Gasteiger partial charge in [-0.25, -0.2) is 0 Å². The Morgan fingerprint density at radius 2 is 1.76 bits per heavy atom. The minimum atomic E-state index is -1.41. The van der Waals surface area contributed by atoms with Crippen molar-refractivity contribution in [1.82, 2.24) is 0 Å². The third-order valence-electron chi connectivity index (χ3n) is 5.54. The molecule has 0 N–H and O–H groups in total. The normalized spacial score (nSPS) is 20.5. The molecule has 0 amide bonds. The molecule has 0 aromatic heterocycles. The Kier molecular flexibility index (Phi) is 9.88. The van der Waals surface area contributed by atoms with Crippen LogP contribution in [0.2, 0.25) is 19.6 Å². The predicted molar refractivity (Wildman–Crippen MR) is 132 cm³/mol. The van der Waals surface area contributed by atoms with Gasteiger partial charge >= 0.3 is 5.97 Å². The van der Waals surface area contributed by atoms with Crippen LogP contribution in [0, 0.1) is 5.41 Å². The number of carbonyl (C=O) groups excluding carboxylic acids is 2. The summed E-state index contributed by atoms with van der Waals surface area (Å²) >= 11 is 0. The molecule has 1 heterocycles. The Bertz CT molecular complexity index is 822. The molecule has 1 aromatic carbocycles. The highest BCUT2D eigenvalue weighted by Crippen LogP contribution is 2.31. The molecule has 0 radical (unpaired) electrons. The smallest absolute Gasteiger partial charge is 0.302 e. The third kappa shape index (κ3) is 9.82. The molecule has 1 aliphatic heterocycles.